The highest BCUT2D eigenvalue weighted by atomic mass is 35.5. The predicted octanol–water partition coefficient (Wildman–Crippen LogP) is 3.68. The molecule has 0 radical (unpaired) electrons. The Morgan fingerprint density at radius 3 is 2.49 bits per heavy atom. The van der Waals surface area contributed by atoms with Gasteiger partial charge in [0.15, 0.2) is 5.01 Å². The standard InChI is InChI=1S/C27H30ClN5O3S/c1-32(2)27(36)18-7-9-20(29-24(34)17-5-4-16-11-19(28)8-6-15(16)10-17)21(12-18)30-25(35)26-31-22-13-33(3)14-23(22)37-26/h4-6,8,10-11,18,20-21H,7,9,12-14H2,1-3H3,(H,29,34)(H,30,35)/t18-,20-,21+/m0/s1. The van der Waals surface area contributed by atoms with Crippen molar-refractivity contribution in [3.63, 3.8) is 0 Å². The van der Waals surface area contributed by atoms with Crippen LogP contribution in [0, 0.1) is 5.92 Å². The van der Waals surface area contributed by atoms with Crippen molar-refractivity contribution in [3.8, 4) is 0 Å². The van der Waals surface area contributed by atoms with Crippen molar-refractivity contribution in [1.82, 2.24) is 25.4 Å². The first kappa shape index (κ1) is 25.6. The Morgan fingerprint density at radius 2 is 1.73 bits per heavy atom. The molecule has 1 aromatic heterocycles. The zero-order valence-electron chi connectivity index (χ0n) is 21.1. The highest BCUT2D eigenvalue weighted by molar-refractivity contribution is 7.13. The predicted molar refractivity (Wildman–Crippen MR) is 145 cm³/mol. The molecule has 1 aliphatic heterocycles. The number of carbonyl (C=O) groups excluding carboxylic acids is 3. The van der Waals surface area contributed by atoms with Crippen molar-refractivity contribution < 1.29 is 14.4 Å². The smallest absolute Gasteiger partial charge is 0.280 e. The number of benzene rings is 2. The van der Waals surface area contributed by atoms with E-state index >= 15 is 0 Å². The average Bonchev–Trinajstić information content (AvgIpc) is 3.41. The van der Waals surface area contributed by atoms with Crippen LogP contribution in [0.5, 0.6) is 0 Å². The van der Waals surface area contributed by atoms with Crippen LogP contribution in [0.3, 0.4) is 0 Å². The Hall–Kier alpha value is -3.01. The van der Waals surface area contributed by atoms with Crippen LogP contribution in [-0.4, -0.2) is 65.7 Å². The van der Waals surface area contributed by atoms with E-state index in [1.165, 1.54) is 11.3 Å². The molecule has 0 bridgehead atoms. The summed E-state index contributed by atoms with van der Waals surface area (Å²) in [6.45, 7) is 1.53. The summed E-state index contributed by atoms with van der Waals surface area (Å²) >= 11 is 7.50. The molecule has 2 aliphatic rings. The molecule has 1 aliphatic carbocycles. The first-order valence-corrected chi connectivity index (χ1v) is 13.6. The first-order valence-electron chi connectivity index (χ1n) is 12.4. The van der Waals surface area contributed by atoms with Crippen LogP contribution in [-0.2, 0) is 17.9 Å². The number of hydrogen-bond donors (Lipinski definition) is 2. The van der Waals surface area contributed by atoms with E-state index in [9.17, 15) is 14.4 Å². The second-order valence-corrected chi connectivity index (χ2v) is 11.7. The molecule has 1 fully saturated rings. The van der Waals surface area contributed by atoms with Crippen molar-refractivity contribution in [3.05, 3.63) is 62.6 Å². The molecule has 0 saturated heterocycles. The number of fused-ring (bicyclic) bond motifs is 2. The molecule has 1 saturated carbocycles. The normalized spacial score (nSPS) is 21.5. The lowest BCUT2D eigenvalue weighted by molar-refractivity contribution is -0.134. The number of thiazole rings is 1. The first-order chi connectivity index (χ1) is 17.7. The highest BCUT2D eigenvalue weighted by Gasteiger charge is 2.37. The molecule has 3 atom stereocenters. The van der Waals surface area contributed by atoms with Gasteiger partial charge in [-0.05, 0) is 61.3 Å². The molecule has 2 heterocycles. The zero-order valence-corrected chi connectivity index (χ0v) is 22.7. The Morgan fingerprint density at radius 1 is 1.00 bits per heavy atom. The number of carbonyl (C=O) groups is 3. The Bertz CT molecular complexity index is 1350. The third-order valence-corrected chi connectivity index (χ3v) is 8.46. The van der Waals surface area contributed by atoms with Gasteiger partial charge in [-0.25, -0.2) is 4.98 Å². The molecule has 0 spiro atoms. The van der Waals surface area contributed by atoms with Crippen LogP contribution in [0.1, 0.15) is 50.0 Å². The van der Waals surface area contributed by atoms with E-state index in [1.54, 1.807) is 31.1 Å². The maximum absolute atomic E-state index is 13.2. The van der Waals surface area contributed by atoms with Crippen molar-refractivity contribution >= 4 is 51.4 Å². The van der Waals surface area contributed by atoms with Crippen LogP contribution < -0.4 is 10.6 Å². The van der Waals surface area contributed by atoms with Gasteiger partial charge in [0.25, 0.3) is 11.8 Å². The van der Waals surface area contributed by atoms with Crippen LogP contribution in [0.4, 0.5) is 0 Å². The lowest BCUT2D eigenvalue weighted by atomic mass is 9.81. The van der Waals surface area contributed by atoms with Gasteiger partial charge in [0.1, 0.15) is 0 Å². The van der Waals surface area contributed by atoms with Gasteiger partial charge in [-0.1, -0.05) is 23.7 Å². The van der Waals surface area contributed by atoms with Crippen molar-refractivity contribution in [2.45, 2.75) is 44.4 Å². The molecular formula is C27H30ClN5O3S. The van der Waals surface area contributed by atoms with E-state index < -0.39 is 0 Å². The summed E-state index contributed by atoms with van der Waals surface area (Å²) in [6.07, 6.45) is 1.68. The van der Waals surface area contributed by atoms with Gasteiger partial charge < -0.3 is 15.5 Å². The molecule has 5 rings (SSSR count). The summed E-state index contributed by atoms with van der Waals surface area (Å²) in [4.78, 5) is 48.6. The summed E-state index contributed by atoms with van der Waals surface area (Å²) in [7, 11) is 5.51. The quantitative estimate of drug-likeness (QED) is 0.516. The number of nitrogens with zero attached hydrogens (tertiary/aromatic N) is 3. The molecule has 194 valence electrons. The van der Waals surface area contributed by atoms with Crippen molar-refractivity contribution in [2.24, 2.45) is 5.92 Å². The fourth-order valence-electron chi connectivity index (χ4n) is 5.22. The summed E-state index contributed by atoms with van der Waals surface area (Å²) in [5, 5.41) is 9.17. The molecule has 2 aromatic carbocycles. The van der Waals surface area contributed by atoms with E-state index in [0.717, 1.165) is 34.4 Å². The third kappa shape index (κ3) is 5.49. The lowest BCUT2D eigenvalue weighted by Crippen LogP contribution is -2.55. The van der Waals surface area contributed by atoms with Gasteiger partial charge in [-0.15, -0.1) is 11.3 Å². The summed E-state index contributed by atoms with van der Waals surface area (Å²) < 4.78 is 0. The van der Waals surface area contributed by atoms with Gasteiger partial charge in [-0.3, -0.25) is 19.3 Å². The second kappa shape index (κ2) is 10.4. The van der Waals surface area contributed by atoms with Crippen LogP contribution in [0.15, 0.2) is 36.4 Å². The molecule has 2 N–H and O–H groups in total. The zero-order chi connectivity index (χ0) is 26.3. The Balaban J connectivity index is 1.33. The van der Waals surface area contributed by atoms with Gasteiger partial charge in [0.2, 0.25) is 5.91 Å². The molecule has 8 nitrogen and oxygen atoms in total. The summed E-state index contributed by atoms with van der Waals surface area (Å²) in [6, 6.07) is 10.3. The van der Waals surface area contributed by atoms with Crippen molar-refractivity contribution in [2.75, 3.05) is 21.1 Å². The number of hydrogen-bond acceptors (Lipinski definition) is 6. The minimum Gasteiger partial charge on any atom is -0.349 e. The van der Waals surface area contributed by atoms with E-state index in [0.29, 0.717) is 34.9 Å². The Labute approximate surface area is 225 Å². The monoisotopic (exact) mass is 539 g/mol. The SMILES string of the molecule is CN1Cc2nc(C(=O)N[C@@H]3C[C@@H](C(=O)N(C)C)CC[C@@H]3NC(=O)c3ccc4cc(Cl)ccc4c3)sc2C1. The maximum atomic E-state index is 13.2. The highest BCUT2D eigenvalue weighted by Crippen LogP contribution is 2.30. The minimum atomic E-state index is -0.389. The van der Waals surface area contributed by atoms with Gasteiger partial charge in [-0.2, -0.15) is 0 Å². The number of amides is 3. The molecule has 37 heavy (non-hydrogen) atoms. The molecule has 0 unspecified atom stereocenters. The van der Waals surface area contributed by atoms with E-state index in [1.807, 2.05) is 31.3 Å². The average molecular weight is 540 g/mol. The minimum absolute atomic E-state index is 0.0356. The largest absolute Gasteiger partial charge is 0.349 e. The Kier molecular flexibility index (Phi) is 7.20. The van der Waals surface area contributed by atoms with E-state index in [4.69, 9.17) is 11.6 Å². The molecule has 3 aromatic rings. The number of halogens is 1. The van der Waals surface area contributed by atoms with Crippen molar-refractivity contribution in [1.29, 1.82) is 0 Å². The summed E-state index contributed by atoms with van der Waals surface area (Å²) in [5.41, 5.74) is 1.48. The lowest BCUT2D eigenvalue weighted by Gasteiger charge is -2.37. The maximum Gasteiger partial charge on any atom is 0.280 e. The molecule has 3 amide bonds. The van der Waals surface area contributed by atoms with Gasteiger partial charge in [0, 0.05) is 54.6 Å². The number of nitrogens with one attached hydrogen (secondary N) is 2. The molecule has 10 heteroatoms. The number of rotatable bonds is 5. The topological polar surface area (TPSA) is 94.6 Å². The van der Waals surface area contributed by atoms with Crippen LogP contribution in [0.2, 0.25) is 5.02 Å². The van der Waals surface area contributed by atoms with Crippen LogP contribution in [0.25, 0.3) is 10.8 Å². The van der Waals surface area contributed by atoms with Crippen LogP contribution >= 0.6 is 22.9 Å². The fourth-order valence-corrected chi connectivity index (χ4v) is 6.45. The second-order valence-electron chi connectivity index (χ2n) is 10.2. The van der Waals surface area contributed by atoms with E-state index in [2.05, 4.69) is 20.5 Å². The van der Waals surface area contributed by atoms with Gasteiger partial charge >= 0.3 is 0 Å². The third-order valence-electron chi connectivity index (χ3n) is 7.14. The van der Waals surface area contributed by atoms with Gasteiger partial charge in [0.05, 0.1) is 11.7 Å². The molecular weight excluding hydrogens is 510 g/mol. The number of aromatic nitrogens is 1. The fraction of sp³-hybridized carbons (Fsp3) is 0.407. The summed E-state index contributed by atoms with van der Waals surface area (Å²) in [5.74, 6) is -0.649. The van der Waals surface area contributed by atoms with E-state index in [-0.39, 0.29) is 35.7 Å².